The third-order valence-electron chi connectivity index (χ3n) is 2.68. The monoisotopic (exact) mass is 274 g/mol. The van der Waals surface area contributed by atoms with Gasteiger partial charge in [0.15, 0.2) is 0 Å². The lowest BCUT2D eigenvalue weighted by molar-refractivity contribution is 0.0527. The minimum atomic E-state index is -0.465. The summed E-state index contributed by atoms with van der Waals surface area (Å²) >= 11 is 0. The molecule has 20 heavy (non-hydrogen) atoms. The van der Waals surface area contributed by atoms with Gasteiger partial charge in [-0.1, -0.05) is 0 Å². The fraction of sp³-hybridized carbons (Fsp3) is 0.133. The van der Waals surface area contributed by atoms with Gasteiger partial charge in [0.2, 0.25) is 0 Å². The fourth-order valence-electron chi connectivity index (χ4n) is 1.72. The predicted molar refractivity (Wildman–Crippen MR) is 76.5 cm³/mol. The van der Waals surface area contributed by atoms with E-state index in [2.05, 4.69) is 5.32 Å². The Morgan fingerprint density at radius 2 is 1.85 bits per heavy atom. The highest BCUT2D eigenvalue weighted by Gasteiger charge is 2.11. The van der Waals surface area contributed by atoms with Crippen molar-refractivity contribution in [2.24, 2.45) is 0 Å². The number of carbonyl (C=O) groups is 1. The zero-order valence-electron chi connectivity index (χ0n) is 11.0. The Morgan fingerprint density at radius 1 is 1.20 bits per heavy atom. The number of rotatable bonds is 4. The van der Waals surface area contributed by atoms with Gasteiger partial charge < -0.3 is 15.8 Å². The van der Waals surface area contributed by atoms with Crippen molar-refractivity contribution in [1.82, 2.24) is 0 Å². The molecule has 2 rings (SSSR count). The molecular weight excluding hydrogens is 259 g/mol. The maximum absolute atomic E-state index is 12.8. The molecule has 0 radical (unpaired) electrons. The Labute approximate surface area is 116 Å². The van der Waals surface area contributed by atoms with Crippen LogP contribution in [0.5, 0.6) is 0 Å². The molecule has 0 amide bonds. The van der Waals surface area contributed by atoms with Crippen LogP contribution in [-0.4, -0.2) is 12.6 Å². The summed E-state index contributed by atoms with van der Waals surface area (Å²) in [5.74, 6) is -0.771. The van der Waals surface area contributed by atoms with Gasteiger partial charge in [0.25, 0.3) is 0 Å². The van der Waals surface area contributed by atoms with Crippen LogP contribution in [0.2, 0.25) is 0 Å². The smallest absolute Gasteiger partial charge is 0.340 e. The molecule has 0 aliphatic heterocycles. The highest BCUT2D eigenvalue weighted by molar-refractivity contribution is 5.96. The number of nitrogen functional groups attached to an aromatic ring is 1. The first-order valence-corrected chi connectivity index (χ1v) is 6.19. The van der Waals surface area contributed by atoms with Gasteiger partial charge in [0.05, 0.1) is 12.2 Å². The Balaban J connectivity index is 2.22. The first-order chi connectivity index (χ1) is 9.60. The van der Waals surface area contributed by atoms with Crippen molar-refractivity contribution in [2.45, 2.75) is 6.92 Å². The van der Waals surface area contributed by atoms with E-state index in [1.807, 2.05) is 0 Å². The van der Waals surface area contributed by atoms with Crippen LogP contribution in [0.1, 0.15) is 17.3 Å². The number of anilines is 3. The molecule has 104 valence electrons. The van der Waals surface area contributed by atoms with Gasteiger partial charge in [-0.05, 0) is 49.4 Å². The fourth-order valence-corrected chi connectivity index (χ4v) is 1.72. The first-order valence-electron chi connectivity index (χ1n) is 6.19. The Hall–Kier alpha value is -2.56. The molecule has 5 heteroatoms. The Morgan fingerprint density at radius 3 is 2.50 bits per heavy atom. The molecule has 0 saturated carbocycles. The van der Waals surface area contributed by atoms with Crippen molar-refractivity contribution in [3.8, 4) is 0 Å². The van der Waals surface area contributed by atoms with Gasteiger partial charge >= 0.3 is 5.97 Å². The lowest BCUT2D eigenvalue weighted by Gasteiger charge is -2.10. The summed E-state index contributed by atoms with van der Waals surface area (Å²) in [4.78, 5) is 11.7. The summed E-state index contributed by atoms with van der Waals surface area (Å²) < 4.78 is 17.8. The number of hydrogen-bond donors (Lipinski definition) is 2. The molecule has 2 aromatic carbocycles. The molecule has 3 N–H and O–H groups in total. The summed E-state index contributed by atoms with van der Waals surface area (Å²) in [5, 5.41) is 3.07. The number of nitrogens with one attached hydrogen (secondary N) is 1. The molecule has 0 atom stereocenters. The lowest BCUT2D eigenvalue weighted by atomic mass is 10.1. The Bertz CT molecular complexity index is 612. The number of carbonyl (C=O) groups excluding carboxylic acids is 1. The average molecular weight is 274 g/mol. The topological polar surface area (TPSA) is 64.3 Å². The van der Waals surface area contributed by atoms with Crippen LogP contribution in [0.25, 0.3) is 0 Å². The summed E-state index contributed by atoms with van der Waals surface area (Å²) in [7, 11) is 0. The quantitative estimate of drug-likeness (QED) is 0.663. The van der Waals surface area contributed by atoms with E-state index >= 15 is 0 Å². The van der Waals surface area contributed by atoms with Crippen molar-refractivity contribution >= 4 is 23.0 Å². The molecule has 0 saturated heterocycles. The summed E-state index contributed by atoms with van der Waals surface area (Å²) in [6.45, 7) is 2.02. The lowest BCUT2D eigenvalue weighted by Crippen LogP contribution is -2.08. The van der Waals surface area contributed by atoms with Gasteiger partial charge in [0.1, 0.15) is 5.82 Å². The van der Waals surface area contributed by atoms with E-state index in [9.17, 15) is 9.18 Å². The van der Waals surface area contributed by atoms with Gasteiger partial charge in [0, 0.05) is 17.1 Å². The number of hydrogen-bond acceptors (Lipinski definition) is 4. The van der Waals surface area contributed by atoms with Crippen LogP contribution < -0.4 is 11.1 Å². The van der Waals surface area contributed by atoms with E-state index in [4.69, 9.17) is 10.5 Å². The highest BCUT2D eigenvalue weighted by atomic mass is 19.1. The molecule has 0 aliphatic carbocycles. The van der Waals surface area contributed by atoms with Gasteiger partial charge in [-0.15, -0.1) is 0 Å². The molecule has 0 unspecified atom stereocenters. The normalized spacial score (nSPS) is 10.1. The average Bonchev–Trinajstić information content (AvgIpc) is 2.43. The van der Waals surface area contributed by atoms with E-state index in [1.54, 1.807) is 37.3 Å². The summed E-state index contributed by atoms with van der Waals surface area (Å²) in [5.41, 5.74) is 7.80. The largest absolute Gasteiger partial charge is 0.462 e. The van der Waals surface area contributed by atoms with Crippen molar-refractivity contribution in [1.29, 1.82) is 0 Å². The van der Waals surface area contributed by atoms with E-state index in [-0.39, 0.29) is 12.4 Å². The molecule has 0 fully saturated rings. The summed E-state index contributed by atoms with van der Waals surface area (Å²) in [6, 6.07) is 10.9. The number of esters is 1. The zero-order valence-corrected chi connectivity index (χ0v) is 11.0. The van der Waals surface area contributed by atoms with Gasteiger partial charge in [-0.2, -0.15) is 0 Å². The molecule has 0 aromatic heterocycles. The third-order valence-corrected chi connectivity index (χ3v) is 2.68. The molecule has 0 heterocycles. The minimum absolute atomic E-state index is 0.286. The van der Waals surface area contributed by atoms with E-state index in [0.717, 1.165) is 0 Å². The van der Waals surface area contributed by atoms with Crippen LogP contribution in [0.15, 0.2) is 42.5 Å². The molecule has 0 aliphatic rings. The molecule has 0 bridgehead atoms. The molecule has 4 nitrogen and oxygen atoms in total. The molecular formula is C15H15FN2O2. The first kappa shape index (κ1) is 13.9. The van der Waals surface area contributed by atoms with Crippen molar-refractivity contribution in [3.05, 3.63) is 53.8 Å². The SMILES string of the molecule is CCOC(=O)c1cc(Nc2ccc(F)cc2)ccc1N. The molecule has 2 aromatic rings. The van der Waals surface area contributed by atoms with E-state index in [0.29, 0.717) is 22.6 Å². The van der Waals surface area contributed by atoms with Crippen LogP contribution in [-0.2, 0) is 4.74 Å². The van der Waals surface area contributed by atoms with Crippen molar-refractivity contribution < 1.29 is 13.9 Å². The second-order valence-corrected chi connectivity index (χ2v) is 4.15. The van der Waals surface area contributed by atoms with Gasteiger partial charge in [-0.25, -0.2) is 9.18 Å². The second-order valence-electron chi connectivity index (χ2n) is 4.15. The number of benzene rings is 2. The van der Waals surface area contributed by atoms with Crippen LogP contribution >= 0.6 is 0 Å². The zero-order chi connectivity index (χ0) is 14.5. The Kier molecular flexibility index (Phi) is 4.20. The van der Waals surface area contributed by atoms with Crippen molar-refractivity contribution in [3.63, 3.8) is 0 Å². The standard InChI is InChI=1S/C15H15FN2O2/c1-2-20-15(19)13-9-12(7-8-14(13)17)18-11-5-3-10(16)4-6-11/h3-9,18H,2,17H2,1H3. The minimum Gasteiger partial charge on any atom is -0.462 e. The maximum Gasteiger partial charge on any atom is 0.340 e. The van der Waals surface area contributed by atoms with E-state index in [1.165, 1.54) is 12.1 Å². The maximum atomic E-state index is 12.8. The summed E-state index contributed by atoms with van der Waals surface area (Å²) in [6.07, 6.45) is 0. The molecule has 0 spiro atoms. The number of ether oxygens (including phenoxy) is 1. The number of nitrogens with two attached hydrogens (primary N) is 1. The van der Waals surface area contributed by atoms with Crippen LogP contribution in [0.3, 0.4) is 0 Å². The highest BCUT2D eigenvalue weighted by Crippen LogP contribution is 2.22. The second kappa shape index (κ2) is 6.06. The van der Waals surface area contributed by atoms with Crippen molar-refractivity contribution in [2.75, 3.05) is 17.7 Å². The van der Waals surface area contributed by atoms with E-state index < -0.39 is 5.97 Å². The third kappa shape index (κ3) is 3.26. The van der Waals surface area contributed by atoms with Crippen LogP contribution in [0.4, 0.5) is 21.5 Å². The predicted octanol–water partition coefficient (Wildman–Crippen LogP) is 3.33. The van der Waals surface area contributed by atoms with Crippen LogP contribution in [0, 0.1) is 5.82 Å². The number of halogens is 1. The van der Waals surface area contributed by atoms with Gasteiger partial charge in [-0.3, -0.25) is 0 Å².